The van der Waals surface area contributed by atoms with Crippen LogP contribution in [0.3, 0.4) is 0 Å². The quantitative estimate of drug-likeness (QED) is 0.777. The van der Waals surface area contributed by atoms with Crippen molar-refractivity contribution in [2.75, 3.05) is 13.7 Å². The zero-order valence-electron chi connectivity index (χ0n) is 12.2. The summed E-state index contributed by atoms with van der Waals surface area (Å²) in [6.07, 6.45) is 4.75. The highest BCUT2D eigenvalue weighted by Crippen LogP contribution is 2.13. The van der Waals surface area contributed by atoms with Crippen LogP contribution in [0.2, 0.25) is 0 Å². The van der Waals surface area contributed by atoms with Gasteiger partial charge in [0.25, 0.3) is 5.91 Å². The number of hydrogen-bond donors (Lipinski definition) is 1. The molecule has 1 amide bonds. The van der Waals surface area contributed by atoms with Crippen molar-refractivity contribution in [3.63, 3.8) is 0 Å². The smallest absolute Gasteiger partial charge is 0.251 e. The number of amides is 1. The molecular weight excluding hydrogens is 238 g/mol. The monoisotopic (exact) mass is 263 g/mol. The van der Waals surface area contributed by atoms with Crippen molar-refractivity contribution in [1.82, 2.24) is 5.32 Å². The van der Waals surface area contributed by atoms with E-state index in [2.05, 4.69) is 19.2 Å². The normalized spacial score (nSPS) is 11.9. The molecule has 1 aromatic rings. The Bertz CT molecular complexity index is 373. The van der Waals surface area contributed by atoms with Crippen molar-refractivity contribution < 1.29 is 9.53 Å². The van der Waals surface area contributed by atoms with Crippen LogP contribution < -0.4 is 10.1 Å². The number of ether oxygens (including phenoxy) is 1. The number of benzene rings is 1. The van der Waals surface area contributed by atoms with Crippen LogP contribution in [0.4, 0.5) is 0 Å². The van der Waals surface area contributed by atoms with E-state index in [9.17, 15) is 4.79 Å². The van der Waals surface area contributed by atoms with Gasteiger partial charge in [0.05, 0.1) is 7.11 Å². The maximum Gasteiger partial charge on any atom is 0.251 e. The summed E-state index contributed by atoms with van der Waals surface area (Å²) in [6, 6.07) is 7.20. The average Bonchev–Trinajstić information content (AvgIpc) is 2.47. The first-order valence-corrected chi connectivity index (χ1v) is 7.13. The first-order chi connectivity index (χ1) is 9.21. The van der Waals surface area contributed by atoms with Gasteiger partial charge in [-0.15, -0.1) is 0 Å². The van der Waals surface area contributed by atoms with Crippen molar-refractivity contribution in [3.8, 4) is 5.75 Å². The molecule has 0 saturated carbocycles. The minimum absolute atomic E-state index is 0.00222. The molecule has 0 spiro atoms. The van der Waals surface area contributed by atoms with E-state index in [1.54, 1.807) is 19.2 Å². The number of nitrogens with one attached hydrogen (secondary N) is 1. The highest BCUT2D eigenvalue weighted by atomic mass is 16.5. The summed E-state index contributed by atoms with van der Waals surface area (Å²) in [5, 5.41) is 3.02. The fourth-order valence-electron chi connectivity index (χ4n) is 2.02. The maximum atomic E-state index is 12.0. The molecule has 3 nitrogen and oxygen atoms in total. The van der Waals surface area contributed by atoms with Crippen molar-refractivity contribution in [2.45, 2.75) is 39.5 Å². The lowest BCUT2D eigenvalue weighted by atomic mass is 9.99. The molecule has 0 radical (unpaired) electrons. The van der Waals surface area contributed by atoms with Crippen LogP contribution in [0.25, 0.3) is 0 Å². The summed E-state index contributed by atoms with van der Waals surface area (Å²) in [4.78, 5) is 12.0. The zero-order valence-corrected chi connectivity index (χ0v) is 12.2. The van der Waals surface area contributed by atoms with Crippen LogP contribution in [0.5, 0.6) is 5.75 Å². The van der Waals surface area contributed by atoms with E-state index in [4.69, 9.17) is 4.74 Å². The molecular formula is C16H25NO2. The van der Waals surface area contributed by atoms with Gasteiger partial charge in [-0.3, -0.25) is 4.79 Å². The van der Waals surface area contributed by atoms with Crippen molar-refractivity contribution in [2.24, 2.45) is 5.92 Å². The molecule has 1 rings (SSSR count). The summed E-state index contributed by atoms with van der Waals surface area (Å²) < 4.78 is 5.08. The fraction of sp³-hybridized carbons (Fsp3) is 0.562. The molecule has 0 aliphatic carbocycles. The molecule has 0 aromatic heterocycles. The summed E-state index contributed by atoms with van der Waals surface area (Å²) in [7, 11) is 1.62. The van der Waals surface area contributed by atoms with E-state index in [1.807, 2.05) is 12.1 Å². The molecule has 0 saturated heterocycles. The molecule has 1 aromatic carbocycles. The summed E-state index contributed by atoms with van der Waals surface area (Å²) in [5.74, 6) is 1.35. The van der Waals surface area contributed by atoms with Gasteiger partial charge in [0.2, 0.25) is 0 Å². The van der Waals surface area contributed by atoms with Gasteiger partial charge < -0.3 is 10.1 Å². The van der Waals surface area contributed by atoms with Crippen molar-refractivity contribution >= 4 is 5.91 Å². The molecule has 1 N–H and O–H groups in total. The van der Waals surface area contributed by atoms with Crippen LogP contribution in [0.1, 0.15) is 49.9 Å². The Morgan fingerprint density at radius 3 is 2.47 bits per heavy atom. The highest BCUT2D eigenvalue weighted by molar-refractivity contribution is 5.94. The lowest BCUT2D eigenvalue weighted by Crippen LogP contribution is -2.29. The predicted molar refractivity (Wildman–Crippen MR) is 78.6 cm³/mol. The van der Waals surface area contributed by atoms with Gasteiger partial charge >= 0.3 is 0 Å². The number of methoxy groups -OCH3 is 1. The number of unbranched alkanes of at least 4 members (excludes halogenated alkanes) is 1. The van der Waals surface area contributed by atoms with Crippen LogP contribution in [-0.2, 0) is 0 Å². The topological polar surface area (TPSA) is 38.3 Å². The first-order valence-electron chi connectivity index (χ1n) is 7.13. The van der Waals surface area contributed by atoms with Gasteiger partial charge in [0.1, 0.15) is 5.75 Å². The van der Waals surface area contributed by atoms with Crippen LogP contribution >= 0.6 is 0 Å². The Kier molecular flexibility index (Phi) is 7.01. The molecule has 0 aliphatic heterocycles. The molecule has 0 heterocycles. The molecule has 0 unspecified atom stereocenters. The number of hydrogen-bond acceptors (Lipinski definition) is 2. The Morgan fingerprint density at radius 1 is 1.26 bits per heavy atom. The second kappa shape index (κ2) is 8.57. The lowest BCUT2D eigenvalue weighted by molar-refractivity contribution is 0.0946. The zero-order chi connectivity index (χ0) is 14.1. The van der Waals surface area contributed by atoms with E-state index < -0.39 is 0 Å². The Hall–Kier alpha value is -1.51. The van der Waals surface area contributed by atoms with Crippen LogP contribution in [-0.4, -0.2) is 19.6 Å². The second-order valence-corrected chi connectivity index (χ2v) is 4.86. The van der Waals surface area contributed by atoms with E-state index in [-0.39, 0.29) is 5.91 Å². The summed E-state index contributed by atoms with van der Waals surface area (Å²) in [5.41, 5.74) is 0.686. The first kappa shape index (κ1) is 15.5. The Morgan fingerprint density at radius 2 is 1.95 bits per heavy atom. The van der Waals surface area contributed by atoms with E-state index in [0.717, 1.165) is 18.7 Å². The summed E-state index contributed by atoms with van der Waals surface area (Å²) in [6.45, 7) is 5.14. The highest BCUT2D eigenvalue weighted by Gasteiger charge is 2.09. The molecule has 3 heteroatoms. The van der Waals surface area contributed by atoms with E-state index in [0.29, 0.717) is 11.5 Å². The van der Waals surface area contributed by atoms with Gasteiger partial charge in [-0.25, -0.2) is 0 Å². The molecule has 19 heavy (non-hydrogen) atoms. The molecule has 1 atom stereocenters. The van der Waals surface area contributed by atoms with E-state index >= 15 is 0 Å². The second-order valence-electron chi connectivity index (χ2n) is 4.86. The minimum atomic E-state index is -0.00222. The van der Waals surface area contributed by atoms with Gasteiger partial charge in [0.15, 0.2) is 0 Å². The largest absolute Gasteiger partial charge is 0.497 e. The molecule has 0 aliphatic rings. The third kappa shape index (κ3) is 5.33. The van der Waals surface area contributed by atoms with Gasteiger partial charge in [-0.05, 0) is 36.6 Å². The standard InChI is InChI=1S/C16H25NO2/c1-4-6-7-13(5-2)12-17-16(18)14-8-10-15(19-3)11-9-14/h8-11,13H,4-7,12H2,1-3H3,(H,17,18)/t13-/m0/s1. The SMILES string of the molecule is CCCC[C@H](CC)CNC(=O)c1ccc(OC)cc1. The Labute approximate surface area is 116 Å². The van der Waals surface area contributed by atoms with Gasteiger partial charge in [-0.1, -0.05) is 33.1 Å². The fourth-order valence-corrected chi connectivity index (χ4v) is 2.02. The lowest BCUT2D eigenvalue weighted by Gasteiger charge is -2.15. The summed E-state index contributed by atoms with van der Waals surface area (Å²) >= 11 is 0. The van der Waals surface area contributed by atoms with Gasteiger partial charge in [0, 0.05) is 12.1 Å². The average molecular weight is 263 g/mol. The molecule has 106 valence electrons. The maximum absolute atomic E-state index is 12.0. The minimum Gasteiger partial charge on any atom is -0.497 e. The Balaban J connectivity index is 2.44. The van der Waals surface area contributed by atoms with E-state index in [1.165, 1.54) is 19.3 Å². The van der Waals surface area contributed by atoms with Crippen molar-refractivity contribution in [1.29, 1.82) is 0 Å². The number of carbonyl (C=O) groups excluding carboxylic acids is 1. The van der Waals surface area contributed by atoms with Crippen molar-refractivity contribution in [3.05, 3.63) is 29.8 Å². The third-order valence-corrected chi connectivity index (χ3v) is 3.45. The molecule has 0 bridgehead atoms. The predicted octanol–water partition coefficient (Wildman–Crippen LogP) is 3.64. The molecule has 0 fully saturated rings. The van der Waals surface area contributed by atoms with Crippen LogP contribution in [0.15, 0.2) is 24.3 Å². The van der Waals surface area contributed by atoms with Crippen LogP contribution in [0, 0.1) is 5.92 Å². The number of rotatable bonds is 8. The third-order valence-electron chi connectivity index (χ3n) is 3.45. The number of carbonyl (C=O) groups is 1. The van der Waals surface area contributed by atoms with Gasteiger partial charge in [-0.2, -0.15) is 0 Å².